The summed E-state index contributed by atoms with van der Waals surface area (Å²) >= 11 is 0. The lowest BCUT2D eigenvalue weighted by Crippen LogP contribution is -2.34. The normalized spacial score (nSPS) is 17.5. The first kappa shape index (κ1) is 18.4. The van der Waals surface area contributed by atoms with Gasteiger partial charge >= 0.3 is 0 Å². The maximum Gasteiger partial charge on any atom is 0.230 e. The van der Waals surface area contributed by atoms with Gasteiger partial charge in [0.2, 0.25) is 5.91 Å². The molecule has 0 aliphatic carbocycles. The topological polar surface area (TPSA) is 33.2 Å². The highest BCUT2D eigenvalue weighted by Gasteiger charge is 2.33. The molecule has 2 atom stereocenters. The Kier molecular flexibility index (Phi) is 5.25. The van der Waals surface area contributed by atoms with Gasteiger partial charge in [-0.15, -0.1) is 0 Å². The van der Waals surface area contributed by atoms with Gasteiger partial charge in [0.05, 0.1) is 17.7 Å². The zero-order valence-corrected chi connectivity index (χ0v) is 16.5. The van der Waals surface area contributed by atoms with Crippen molar-refractivity contribution in [1.29, 1.82) is 0 Å². The molecule has 1 amide bonds. The van der Waals surface area contributed by atoms with Crippen LogP contribution in [0.1, 0.15) is 48.7 Å². The molecule has 0 unspecified atom stereocenters. The summed E-state index contributed by atoms with van der Waals surface area (Å²) in [4.78, 5) is 20.1. The number of nitrogens with zero attached hydrogens (tertiary/aromatic N) is 2. The van der Waals surface area contributed by atoms with Gasteiger partial charge in [-0.1, -0.05) is 60.7 Å². The number of carbonyl (C=O) groups excluding carboxylic acids is 1. The standard InChI is InChI=1S/C25H26N2O/c1-18-16-22(21-12-7-4-8-13-21)17-23(26-18)24-14-9-15-27(24)25(28)19(2)20-10-5-3-6-11-20/h3-8,10-13,16-17,19,24H,9,14-15H2,1-2H3/t19-,24+/m0/s1. The van der Waals surface area contributed by atoms with E-state index in [9.17, 15) is 4.79 Å². The number of likely N-dealkylation sites (tertiary alicyclic amines) is 1. The highest BCUT2D eigenvalue weighted by molar-refractivity contribution is 5.84. The molecule has 2 aromatic carbocycles. The van der Waals surface area contributed by atoms with Crippen LogP contribution in [0.4, 0.5) is 0 Å². The van der Waals surface area contributed by atoms with Crippen molar-refractivity contribution in [3.8, 4) is 11.1 Å². The first-order valence-electron chi connectivity index (χ1n) is 10.0. The number of pyridine rings is 1. The van der Waals surface area contributed by atoms with Crippen molar-refractivity contribution >= 4 is 5.91 Å². The van der Waals surface area contributed by atoms with Crippen molar-refractivity contribution < 1.29 is 4.79 Å². The fraction of sp³-hybridized carbons (Fsp3) is 0.280. The molecule has 0 N–H and O–H groups in total. The molecular formula is C25H26N2O. The molecule has 0 radical (unpaired) electrons. The van der Waals surface area contributed by atoms with Crippen LogP contribution in [-0.4, -0.2) is 22.3 Å². The zero-order valence-electron chi connectivity index (χ0n) is 16.5. The average Bonchev–Trinajstić information content (AvgIpc) is 3.23. The Morgan fingerprint density at radius 3 is 2.39 bits per heavy atom. The second-order valence-electron chi connectivity index (χ2n) is 7.61. The third-order valence-electron chi connectivity index (χ3n) is 5.63. The Morgan fingerprint density at radius 2 is 1.68 bits per heavy atom. The van der Waals surface area contributed by atoms with E-state index in [0.717, 1.165) is 36.3 Å². The minimum atomic E-state index is -0.139. The summed E-state index contributed by atoms with van der Waals surface area (Å²) in [6.45, 7) is 4.84. The molecule has 1 saturated heterocycles. The van der Waals surface area contributed by atoms with Crippen LogP contribution in [-0.2, 0) is 4.79 Å². The third kappa shape index (κ3) is 3.70. The van der Waals surface area contributed by atoms with Crippen LogP contribution in [0.15, 0.2) is 72.8 Å². The lowest BCUT2D eigenvalue weighted by Gasteiger charge is -2.28. The Labute approximate surface area is 167 Å². The number of aromatic nitrogens is 1. The molecule has 3 aromatic rings. The molecule has 1 aliphatic heterocycles. The number of benzene rings is 2. The number of aryl methyl sites for hydroxylation is 1. The van der Waals surface area contributed by atoms with Gasteiger partial charge in [0.1, 0.15) is 0 Å². The first-order valence-corrected chi connectivity index (χ1v) is 10.0. The Morgan fingerprint density at radius 1 is 1.00 bits per heavy atom. The molecule has 1 aliphatic rings. The van der Waals surface area contributed by atoms with Crippen LogP contribution in [0.2, 0.25) is 0 Å². The van der Waals surface area contributed by atoms with Crippen LogP contribution >= 0.6 is 0 Å². The van der Waals surface area contributed by atoms with E-state index in [0.29, 0.717) is 0 Å². The summed E-state index contributed by atoms with van der Waals surface area (Å²) in [6.07, 6.45) is 1.99. The van der Waals surface area contributed by atoms with Crippen LogP contribution in [0, 0.1) is 6.92 Å². The van der Waals surface area contributed by atoms with Gasteiger partial charge in [-0.2, -0.15) is 0 Å². The monoisotopic (exact) mass is 370 g/mol. The maximum absolute atomic E-state index is 13.3. The van der Waals surface area contributed by atoms with Crippen molar-refractivity contribution in [2.45, 2.75) is 38.6 Å². The van der Waals surface area contributed by atoms with Gasteiger partial charge in [0.25, 0.3) is 0 Å². The van der Waals surface area contributed by atoms with Crippen molar-refractivity contribution in [3.05, 3.63) is 89.7 Å². The van der Waals surface area contributed by atoms with E-state index >= 15 is 0 Å². The molecule has 0 saturated carbocycles. The summed E-state index contributed by atoms with van der Waals surface area (Å²) < 4.78 is 0. The molecule has 2 heterocycles. The molecule has 4 rings (SSSR count). The summed E-state index contributed by atoms with van der Waals surface area (Å²) in [5.41, 5.74) is 5.42. The summed E-state index contributed by atoms with van der Waals surface area (Å²) in [5.74, 6) is 0.0541. The van der Waals surface area contributed by atoms with Crippen LogP contribution < -0.4 is 0 Å². The number of hydrogen-bond acceptors (Lipinski definition) is 2. The zero-order chi connectivity index (χ0) is 19.5. The highest BCUT2D eigenvalue weighted by atomic mass is 16.2. The third-order valence-corrected chi connectivity index (χ3v) is 5.63. The van der Waals surface area contributed by atoms with Crippen LogP contribution in [0.3, 0.4) is 0 Å². The number of carbonyl (C=O) groups is 1. The van der Waals surface area contributed by atoms with Gasteiger partial charge in [0.15, 0.2) is 0 Å². The van der Waals surface area contributed by atoms with E-state index in [1.54, 1.807) is 0 Å². The fourth-order valence-corrected chi connectivity index (χ4v) is 4.13. The van der Waals surface area contributed by atoms with E-state index in [1.807, 2.05) is 55.1 Å². The second-order valence-corrected chi connectivity index (χ2v) is 7.61. The lowest BCUT2D eigenvalue weighted by atomic mass is 9.98. The van der Waals surface area contributed by atoms with Crippen LogP contribution in [0.5, 0.6) is 0 Å². The fourth-order valence-electron chi connectivity index (χ4n) is 4.13. The van der Waals surface area contributed by atoms with E-state index in [-0.39, 0.29) is 17.9 Å². The smallest absolute Gasteiger partial charge is 0.230 e. The Hall–Kier alpha value is -2.94. The quantitative estimate of drug-likeness (QED) is 0.605. The van der Waals surface area contributed by atoms with Gasteiger partial charge < -0.3 is 4.90 Å². The molecule has 1 fully saturated rings. The Balaban J connectivity index is 1.63. The molecule has 142 valence electrons. The number of hydrogen-bond donors (Lipinski definition) is 0. The summed E-state index contributed by atoms with van der Waals surface area (Å²) in [7, 11) is 0. The van der Waals surface area contributed by atoms with Gasteiger partial charge in [-0.25, -0.2) is 0 Å². The van der Waals surface area contributed by atoms with Crippen molar-refractivity contribution in [2.24, 2.45) is 0 Å². The summed E-state index contributed by atoms with van der Waals surface area (Å²) in [5, 5.41) is 0. The van der Waals surface area contributed by atoms with E-state index in [2.05, 4.69) is 36.4 Å². The molecule has 1 aromatic heterocycles. The van der Waals surface area contributed by atoms with E-state index < -0.39 is 0 Å². The van der Waals surface area contributed by atoms with Gasteiger partial charge in [0, 0.05) is 12.2 Å². The van der Waals surface area contributed by atoms with E-state index in [4.69, 9.17) is 4.98 Å². The second kappa shape index (κ2) is 7.97. The average molecular weight is 370 g/mol. The largest absolute Gasteiger partial charge is 0.334 e. The van der Waals surface area contributed by atoms with Crippen molar-refractivity contribution in [2.75, 3.05) is 6.54 Å². The predicted molar refractivity (Wildman–Crippen MR) is 113 cm³/mol. The van der Waals surface area contributed by atoms with E-state index in [1.165, 1.54) is 11.1 Å². The minimum Gasteiger partial charge on any atom is -0.334 e. The molecule has 0 bridgehead atoms. The highest BCUT2D eigenvalue weighted by Crippen LogP contribution is 2.35. The predicted octanol–water partition coefficient (Wildman–Crippen LogP) is 5.52. The van der Waals surface area contributed by atoms with Crippen molar-refractivity contribution in [3.63, 3.8) is 0 Å². The minimum absolute atomic E-state index is 0.0565. The maximum atomic E-state index is 13.3. The summed E-state index contributed by atoms with van der Waals surface area (Å²) in [6, 6.07) is 24.7. The molecule has 28 heavy (non-hydrogen) atoms. The lowest BCUT2D eigenvalue weighted by molar-refractivity contribution is -0.133. The van der Waals surface area contributed by atoms with Crippen LogP contribution in [0.25, 0.3) is 11.1 Å². The molecular weight excluding hydrogens is 344 g/mol. The Bertz CT molecular complexity index is 953. The SMILES string of the molecule is Cc1cc(-c2ccccc2)cc([C@H]2CCCN2C(=O)[C@@H](C)c2ccccc2)n1. The number of rotatable bonds is 4. The molecule has 3 heteroatoms. The van der Waals surface area contributed by atoms with Gasteiger partial charge in [-0.05, 0) is 55.5 Å². The molecule has 3 nitrogen and oxygen atoms in total. The van der Waals surface area contributed by atoms with Gasteiger partial charge in [-0.3, -0.25) is 9.78 Å². The number of amides is 1. The molecule has 0 spiro atoms. The van der Waals surface area contributed by atoms with Crippen molar-refractivity contribution in [1.82, 2.24) is 9.88 Å². The first-order chi connectivity index (χ1) is 13.6.